The van der Waals surface area contributed by atoms with Gasteiger partial charge in [-0.05, 0) is 19.1 Å². The Hall–Kier alpha value is -1.88. The summed E-state index contributed by atoms with van der Waals surface area (Å²) in [6, 6.07) is 1.96. The molecule has 0 bridgehead atoms. The summed E-state index contributed by atoms with van der Waals surface area (Å²) in [5.74, 6) is 0. The summed E-state index contributed by atoms with van der Waals surface area (Å²) in [5.41, 5.74) is -6.39. The van der Waals surface area contributed by atoms with Gasteiger partial charge in [-0.2, -0.15) is 13.2 Å². The van der Waals surface area contributed by atoms with Crippen molar-refractivity contribution in [2.75, 3.05) is 24.6 Å². The molecule has 0 spiro atoms. The van der Waals surface area contributed by atoms with E-state index < -0.39 is 30.9 Å². The molecule has 0 heterocycles. The second-order valence-corrected chi connectivity index (χ2v) is 6.10. The van der Waals surface area contributed by atoms with E-state index in [2.05, 4.69) is 0 Å². The van der Waals surface area contributed by atoms with Crippen LogP contribution in [0.15, 0.2) is 23.1 Å². The van der Waals surface area contributed by atoms with Crippen molar-refractivity contribution in [1.29, 1.82) is 0 Å². The minimum atomic E-state index is -5.67. The van der Waals surface area contributed by atoms with Crippen LogP contribution in [0.3, 0.4) is 0 Å². The van der Waals surface area contributed by atoms with Gasteiger partial charge in [0.05, 0.1) is 16.4 Å². The zero-order valence-corrected chi connectivity index (χ0v) is 12.2. The van der Waals surface area contributed by atoms with Gasteiger partial charge >= 0.3 is 5.51 Å². The van der Waals surface area contributed by atoms with Crippen LogP contribution >= 0.6 is 0 Å². The maximum absolute atomic E-state index is 12.5. The Balaban J connectivity index is 3.48. The lowest BCUT2D eigenvalue weighted by molar-refractivity contribution is -0.384. The number of aliphatic hydroxyl groups is 1. The van der Waals surface area contributed by atoms with Gasteiger partial charge in [-0.15, -0.1) is 0 Å². The van der Waals surface area contributed by atoms with Gasteiger partial charge in [0, 0.05) is 19.2 Å². The lowest BCUT2D eigenvalue weighted by atomic mass is 10.2. The fourth-order valence-corrected chi connectivity index (χ4v) is 2.57. The monoisotopic (exact) mass is 342 g/mol. The standard InChI is InChI=1S/C11H13F3N2O5S/c1-2-15(5-6-17)9-4-3-8(7-10(9)16(18)19)22(20,21)11(12,13)14/h3-4,7,17H,2,5-6H2,1H3. The lowest BCUT2D eigenvalue weighted by Crippen LogP contribution is -2.27. The Morgan fingerprint density at radius 1 is 1.36 bits per heavy atom. The van der Waals surface area contributed by atoms with E-state index in [0.717, 1.165) is 6.07 Å². The van der Waals surface area contributed by atoms with Crippen LogP contribution in [0.4, 0.5) is 24.5 Å². The summed E-state index contributed by atoms with van der Waals surface area (Å²) in [6.45, 7) is 1.56. The molecule has 0 aromatic heterocycles. The van der Waals surface area contributed by atoms with Crippen molar-refractivity contribution in [2.24, 2.45) is 0 Å². The zero-order chi connectivity index (χ0) is 17.1. The number of nitrogens with zero attached hydrogens (tertiary/aromatic N) is 2. The van der Waals surface area contributed by atoms with E-state index in [9.17, 15) is 31.7 Å². The van der Waals surface area contributed by atoms with Gasteiger partial charge in [0.25, 0.3) is 15.5 Å². The third-order valence-electron chi connectivity index (χ3n) is 2.85. The smallest absolute Gasteiger partial charge is 0.395 e. The molecule has 11 heteroatoms. The Labute approximate surface area is 124 Å². The van der Waals surface area contributed by atoms with E-state index in [0.29, 0.717) is 12.1 Å². The molecule has 0 atom stereocenters. The molecule has 0 aliphatic heterocycles. The Kier molecular flexibility index (Phi) is 5.35. The fourth-order valence-electron chi connectivity index (χ4n) is 1.79. The summed E-state index contributed by atoms with van der Waals surface area (Å²) in [7, 11) is -5.67. The average Bonchev–Trinajstić information content (AvgIpc) is 2.42. The first-order valence-electron chi connectivity index (χ1n) is 6.01. The highest BCUT2D eigenvalue weighted by Gasteiger charge is 2.47. The highest BCUT2D eigenvalue weighted by atomic mass is 32.2. The molecular formula is C11H13F3N2O5S. The number of nitro groups is 1. The molecule has 0 aliphatic carbocycles. The highest BCUT2D eigenvalue weighted by Crippen LogP contribution is 2.35. The van der Waals surface area contributed by atoms with E-state index in [1.165, 1.54) is 4.90 Å². The predicted octanol–water partition coefficient (Wildman–Crippen LogP) is 1.71. The lowest BCUT2D eigenvalue weighted by Gasteiger charge is -2.22. The molecule has 0 saturated carbocycles. The molecule has 0 radical (unpaired) electrons. The Bertz CT molecular complexity index is 660. The number of benzene rings is 1. The molecule has 22 heavy (non-hydrogen) atoms. The summed E-state index contributed by atoms with van der Waals surface area (Å²) in [4.78, 5) is 10.2. The zero-order valence-electron chi connectivity index (χ0n) is 11.4. The number of nitro benzene ring substituents is 1. The summed E-state index contributed by atoms with van der Waals surface area (Å²) >= 11 is 0. The second kappa shape index (κ2) is 6.48. The van der Waals surface area contributed by atoms with Crippen LogP contribution in [0.2, 0.25) is 0 Å². The van der Waals surface area contributed by atoms with Crippen molar-refractivity contribution >= 4 is 21.2 Å². The molecule has 1 N–H and O–H groups in total. The van der Waals surface area contributed by atoms with Crippen LogP contribution in [-0.2, 0) is 9.84 Å². The molecule has 1 aromatic rings. The molecule has 0 fully saturated rings. The second-order valence-electron chi connectivity index (χ2n) is 4.16. The van der Waals surface area contributed by atoms with Crippen molar-refractivity contribution in [1.82, 2.24) is 0 Å². The maximum Gasteiger partial charge on any atom is 0.501 e. The topological polar surface area (TPSA) is 101 Å². The number of likely N-dealkylation sites (N-methyl/N-ethyl adjacent to an activating group) is 1. The number of aliphatic hydroxyl groups excluding tert-OH is 1. The average molecular weight is 342 g/mol. The summed E-state index contributed by atoms with van der Waals surface area (Å²) in [5, 5.41) is 19.9. The van der Waals surface area contributed by atoms with Gasteiger partial charge < -0.3 is 10.0 Å². The molecule has 7 nitrogen and oxygen atoms in total. The summed E-state index contributed by atoms with van der Waals surface area (Å²) in [6.07, 6.45) is 0. The first kappa shape index (κ1) is 18.2. The largest absolute Gasteiger partial charge is 0.501 e. The molecule has 0 amide bonds. The number of hydrogen-bond acceptors (Lipinski definition) is 6. The normalized spacial score (nSPS) is 12.2. The van der Waals surface area contributed by atoms with Crippen molar-refractivity contribution < 1.29 is 31.6 Å². The van der Waals surface area contributed by atoms with Gasteiger partial charge in [-0.1, -0.05) is 0 Å². The number of hydrogen-bond donors (Lipinski definition) is 1. The van der Waals surface area contributed by atoms with E-state index in [-0.39, 0.29) is 25.4 Å². The van der Waals surface area contributed by atoms with Crippen LogP contribution in [-0.4, -0.2) is 43.7 Å². The van der Waals surface area contributed by atoms with Gasteiger partial charge in [-0.3, -0.25) is 10.1 Å². The third kappa shape index (κ3) is 3.47. The predicted molar refractivity (Wildman–Crippen MR) is 71.3 cm³/mol. The molecule has 1 rings (SSSR count). The first-order chi connectivity index (χ1) is 10.1. The van der Waals surface area contributed by atoms with E-state index in [1.54, 1.807) is 6.92 Å². The molecule has 0 aliphatic rings. The summed E-state index contributed by atoms with van der Waals surface area (Å²) < 4.78 is 60.1. The van der Waals surface area contributed by atoms with Gasteiger partial charge in [0.2, 0.25) is 0 Å². The third-order valence-corrected chi connectivity index (χ3v) is 4.33. The van der Waals surface area contributed by atoms with Crippen molar-refractivity contribution in [3.63, 3.8) is 0 Å². The molecule has 0 unspecified atom stereocenters. The van der Waals surface area contributed by atoms with Crippen molar-refractivity contribution in [2.45, 2.75) is 17.3 Å². The molecular weight excluding hydrogens is 329 g/mol. The number of alkyl halides is 3. The number of anilines is 1. The quantitative estimate of drug-likeness (QED) is 0.624. The molecule has 0 saturated heterocycles. The fraction of sp³-hybridized carbons (Fsp3) is 0.455. The number of sulfone groups is 1. The SMILES string of the molecule is CCN(CCO)c1ccc(S(=O)(=O)C(F)(F)F)cc1[N+](=O)[O-]. The van der Waals surface area contributed by atoms with E-state index in [4.69, 9.17) is 5.11 Å². The van der Waals surface area contributed by atoms with Gasteiger partial charge in [0.15, 0.2) is 0 Å². The Morgan fingerprint density at radius 3 is 2.36 bits per heavy atom. The van der Waals surface area contributed by atoms with Crippen LogP contribution < -0.4 is 4.90 Å². The van der Waals surface area contributed by atoms with Crippen LogP contribution in [0.25, 0.3) is 0 Å². The minimum Gasteiger partial charge on any atom is -0.395 e. The van der Waals surface area contributed by atoms with E-state index >= 15 is 0 Å². The van der Waals surface area contributed by atoms with E-state index in [1.807, 2.05) is 0 Å². The molecule has 124 valence electrons. The molecule has 1 aromatic carbocycles. The van der Waals surface area contributed by atoms with Crippen molar-refractivity contribution in [3.05, 3.63) is 28.3 Å². The number of rotatable bonds is 6. The number of halogens is 3. The Morgan fingerprint density at radius 2 is 1.95 bits per heavy atom. The van der Waals surface area contributed by atoms with Gasteiger partial charge in [0.1, 0.15) is 5.69 Å². The first-order valence-corrected chi connectivity index (χ1v) is 7.50. The highest BCUT2D eigenvalue weighted by molar-refractivity contribution is 7.92. The van der Waals surface area contributed by atoms with Crippen LogP contribution in [0.5, 0.6) is 0 Å². The van der Waals surface area contributed by atoms with Crippen LogP contribution in [0, 0.1) is 10.1 Å². The van der Waals surface area contributed by atoms with Crippen LogP contribution in [0.1, 0.15) is 6.92 Å². The maximum atomic E-state index is 12.5. The van der Waals surface area contributed by atoms with Gasteiger partial charge in [-0.25, -0.2) is 8.42 Å². The minimum absolute atomic E-state index is 0.0166. The van der Waals surface area contributed by atoms with Crippen molar-refractivity contribution in [3.8, 4) is 0 Å².